The molecule has 0 unspecified atom stereocenters. The van der Waals surface area contributed by atoms with E-state index in [-0.39, 0.29) is 0 Å². The van der Waals surface area contributed by atoms with Gasteiger partial charge in [-0.25, -0.2) is 4.98 Å². The third-order valence-electron chi connectivity index (χ3n) is 3.02. The van der Waals surface area contributed by atoms with Gasteiger partial charge in [0.15, 0.2) is 5.13 Å². The van der Waals surface area contributed by atoms with Crippen LogP contribution in [0.2, 0.25) is 0 Å². The highest BCUT2D eigenvalue weighted by Gasteiger charge is 2.09. The van der Waals surface area contributed by atoms with Gasteiger partial charge in [0.1, 0.15) is 6.07 Å². The molecule has 20 heavy (non-hydrogen) atoms. The lowest BCUT2D eigenvalue weighted by molar-refractivity contribution is 1.27. The molecule has 0 aliphatic carbocycles. The topological polar surface area (TPSA) is 74.7 Å². The highest BCUT2D eigenvalue weighted by molar-refractivity contribution is 7.13. The largest absolute Gasteiger partial charge is 0.401 e. The number of aryl methyl sites for hydroxylation is 2. The molecule has 0 fully saturated rings. The van der Waals surface area contributed by atoms with Gasteiger partial charge >= 0.3 is 0 Å². The molecule has 1 aromatic heterocycles. The maximum Gasteiger partial charge on any atom is 0.187 e. The predicted molar refractivity (Wildman–Crippen MR) is 83.7 cm³/mol. The zero-order chi connectivity index (χ0) is 14.7. The van der Waals surface area contributed by atoms with Crippen LogP contribution < -0.4 is 11.1 Å². The maximum absolute atomic E-state index is 9.07. The number of allylic oxidation sites excluding steroid dienone is 2. The first-order chi connectivity index (χ1) is 9.51. The van der Waals surface area contributed by atoms with Crippen LogP contribution in [-0.4, -0.2) is 4.98 Å². The van der Waals surface area contributed by atoms with Crippen molar-refractivity contribution in [1.82, 2.24) is 4.98 Å². The summed E-state index contributed by atoms with van der Waals surface area (Å²) in [6.45, 7) is 5.85. The van der Waals surface area contributed by atoms with E-state index in [4.69, 9.17) is 11.0 Å². The second kappa shape index (κ2) is 5.76. The summed E-state index contributed by atoms with van der Waals surface area (Å²) in [6.07, 6.45) is 0. The van der Waals surface area contributed by atoms with Crippen molar-refractivity contribution in [2.75, 3.05) is 5.32 Å². The highest BCUT2D eigenvalue weighted by Crippen LogP contribution is 2.26. The average molecular weight is 284 g/mol. The van der Waals surface area contributed by atoms with Gasteiger partial charge in [-0.1, -0.05) is 6.07 Å². The van der Waals surface area contributed by atoms with Crippen LogP contribution in [0.3, 0.4) is 0 Å². The Hall–Kier alpha value is -2.32. The molecule has 2 rings (SSSR count). The van der Waals surface area contributed by atoms with Crippen LogP contribution in [0.4, 0.5) is 10.8 Å². The van der Waals surface area contributed by atoms with E-state index < -0.39 is 0 Å². The standard InChI is InChI=1S/C15H16N4S/c1-9-4-5-12(6-10(9)2)18-15-19-14(8-20-15)13(7-16)11(3)17/h4-6,8H,17H2,1-3H3,(H,18,19)/b13-11+. The van der Waals surface area contributed by atoms with Crippen molar-refractivity contribution in [2.24, 2.45) is 5.73 Å². The molecule has 0 spiro atoms. The van der Waals surface area contributed by atoms with Crippen LogP contribution in [0.25, 0.3) is 5.57 Å². The van der Waals surface area contributed by atoms with E-state index in [0.717, 1.165) is 10.8 Å². The lowest BCUT2D eigenvalue weighted by Gasteiger charge is -2.05. The molecular formula is C15H16N4S. The molecule has 0 atom stereocenters. The molecular weight excluding hydrogens is 268 g/mol. The van der Waals surface area contributed by atoms with Gasteiger partial charge in [0.2, 0.25) is 0 Å². The number of aromatic nitrogens is 1. The van der Waals surface area contributed by atoms with E-state index in [1.165, 1.54) is 22.5 Å². The van der Waals surface area contributed by atoms with Crippen molar-refractivity contribution >= 4 is 27.7 Å². The maximum atomic E-state index is 9.07. The number of hydrogen-bond donors (Lipinski definition) is 2. The summed E-state index contributed by atoms with van der Waals surface area (Å²) in [5.74, 6) is 0. The van der Waals surface area contributed by atoms with Crippen LogP contribution in [-0.2, 0) is 0 Å². The lowest BCUT2D eigenvalue weighted by Crippen LogP contribution is -1.97. The summed E-state index contributed by atoms with van der Waals surface area (Å²) in [5, 5.41) is 14.9. The second-order valence-corrected chi connectivity index (χ2v) is 5.49. The van der Waals surface area contributed by atoms with Crippen LogP contribution in [0.15, 0.2) is 29.3 Å². The fraction of sp³-hybridized carbons (Fsp3) is 0.200. The van der Waals surface area contributed by atoms with E-state index in [1.807, 2.05) is 11.4 Å². The minimum atomic E-state index is 0.425. The van der Waals surface area contributed by atoms with E-state index in [1.54, 1.807) is 6.92 Å². The van der Waals surface area contributed by atoms with Crippen LogP contribution in [0.1, 0.15) is 23.7 Å². The average Bonchev–Trinajstić information content (AvgIpc) is 2.82. The van der Waals surface area contributed by atoms with Crippen LogP contribution >= 0.6 is 11.3 Å². The minimum Gasteiger partial charge on any atom is -0.401 e. The van der Waals surface area contributed by atoms with Crippen molar-refractivity contribution in [3.8, 4) is 6.07 Å². The van der Waals surface area contributed by atoms with Gasteiger partial charge in [0, 0.05) is 16.8 Å². The fourth-order valence-electron chi connectivity index (χ4n) is 1.74. The van der Waals surface area contributed by atoms with Gasteiger partial charge in [-0.3, -0.25) is 0 Å². The Bertz CT molecular complexity index is 703. The number of nitrogens with two attached hydrogens (primary N) is 1. The zero-order valence-corrected chi connectivity index (χ0v) is 12.5. The number of anilines is 2. The summed E-state index contributed by atoms with van der Waals surface area (Å²) >= 11 is 1.45. The van der Waals surface area contributed by atoms with E-state index >= 15 is 0 Å². The Kier molecular flexibility index (Phi) is 4.06. The molecule has 0 bridgehead atoms. The molecule has 1 aromatic carbocycles. The number of nitrogens with zero attached hydrogens (tertiary/aromatic N) is 2. The molecule has 4 nitrogen and oxygen atoms in total. The fourth-order valence-corrected chi connectivity index (χ4v) is 2.46. The first-order valence-corrected chi connectivity index (χ1v) is 7.06. The predicted octanol–water partition coefficient (Wildman–Crippen LogP) is 3.72. The first-order valence-electron chi connectivity index (χ1n) is 6.18. The van der Waals surface area contributed by atoms with Gasteiger partial charge in [0.25, 0.3) is 0 Å². The summed E-state index contributed by atoms with van der Waals surface area (Å²) < 4.78 is 0. The summed E-state index contributed by atoms with van der Waals surface area (Å²) in [4.78, 5) is 4.40. The lowest BCUT2D eigenvalue weighted by atomic mass is 10.1. The van der Waals surface area contributed by atoms with Gasteiger partial charge in [-0.05, 0) is 44.0 Å². The van der Waals surface area contributed by atoms with E-state index in [9.17, 15) is 0 Å². The first kappa shape index (κ1) is 14.1. The normalized spacial score (nSPS) is 11.7. The molecule has 5 heteroatoms. The van der Waals surface area contributed by atoms with Crippen LogP contribution in [0.5, 0.6) is 0 Å². The Morgan fingerprint density at radius 1 is 1.35 bits per heavy atom. The van der Waals surface area contributed by atoms with Crippen molar-refractivity contribution in [2.45, 2.75) is 20.8 Å². The number of hydrogen-bond acceptors (Lipinski definition) is 5. The highest BCUT2D eigenvalue weighted by atomic mass is 32.1. The number of rotatable bonds is 3. The monoisotopic (exact) mass is 284 g/mol. The molecule has 102 valence electrons. The zero-order valence-electron chi connectivity index (χ0n) is 11.7. The smallest absolute Gasteiger partial charge is 0.187 e. The molecule has 0 radical (unpaired) electrons. The van der Waals surface area contributed by atoms with Crippen molar-refractivity contribution in [3.05, 3.63) is 46.1 Å². The summed E-state index contributed by atoms with van der Waals surface area (Å²) in [6, 6.07) is 8.24. The molecule has 1 heterocycles. The number of benzene rings is 1. The molecule has 0 saturated heterocycles. The molecule has 0 aliphatic heterocycles. The second-order valence-electron chi connectivity index (χ2n) is 4.63. The van der Waals surface area contributed by atoms with Crippen LogP contribution in [0, 0.1) is 25.2 Å². The third kappa shape index (κ3) is 2.98. The molecule has 3 N–H and O–H groups in total. The Labute approximate surface area is 122 Å². The Balaban J connectivity index is 2.24. The molecule has 0 saturated carbocycles. The van der Waals surface area contributed by atoms with Gasteiger partial charge in [-0.2, -0.15) is 5.26 Å². The van der Waals surface area contributed by atoms with Crippen molar-refractivity contribution in [1.29, 1.82) is 5.26 Å². The number of thiazole rings is 1. The molecule has 0 aliphatic rings. The quantitative estimate of drug-likeness (QED) is 0.842. The number of nitrogens with one attached hydrogen (secondary N) is 1. The van der Waals surface area contributed by atoms with Gasteiger partial charge < -0.3 is 11.1 Å². The van der Waals surface area contributed by atoms with Gasteiger partial charge in [0.05, 0.1) is 11.3 Å². The Morgan fingerprint density at radius 2 is 2.10 bits per heavy atom. The SMILES string of the molecule is C/C(N)=C(/C#N)c1csc(Nc2ccc(C)c(C)c2)n1. The molecule has 0 amide bonds. The number of nitriles is 1. The van der Waals surface area contributed by atoms with Gasteiger partial charge in [-0.15, -0.1) is 11.3 Å². The van der Waals surface area contributed by atoms with Crippen molar-refractivity contribution in [3.63, 3.8) is 0 Å². The Morgan fingerprint density at radius 3 is 2.70 bits per heavy atom. The minimum absolute atomic E-state index is 0.425. The van der Waals surface area contributed by atoms with E-state index in [0.29, 0.717) is 17.0 Å². The van der Waals surface area contributed by atoms with Crippen molar-refractivity contribution < 1.29 is 0 Å². The third-order valence-corrected chi connectivity index (χ3v) is 3.78. The summed E-state index contributed by atoms with van der Waals surface area (Å²) in [7, 11) is 0. The molecule has 2 aromatic rings. The summed E-state index contributed by atoms with van der Waals surface area (Å²) in [5.41, 5.74) is 10.7. The van der Waals surface area contributed by atoms with E-state index in [2.05, 4.69) is 42.4 Å².